The molecule has 0 fully saturated rings. The van der Waals surface area contributed by atoms with E-state index in [1.165, 1.54) is 11.3 Å². The lowest BCUT2D eigenvalue weighted by Crippen LogP contribution is -2.07. The zero-order chi connectivity index (χ0) is 12.4. The third-order valence-electron chi connectivity index (χ3n) is 2.75. The van der Waals surface area contributed by atoms with Gasteiger partial charge in [0, 0.05) is 25.4 Å². The molecular weight excluding hydrogens is 256 g/mol. The van der Waals surface area contributed by atoms with Crippen LogP contribution in [0.15, 0.2) is 17.8 Å². The molecule has 0 radical (unpaired) electrons. The molecule has 5 heteroatoms. The molecule has 92 valence electrons. The minimum atomic E-state index is -0.575. The van der Waals surface area contributed by atoms with Gasteiger partial charge in [-0.25, -0.2) is 4.98 Å². The van der Waals surface area contributed by atoms with Crippen molar-refractivity contribution in [3.05, 3.63) is 39.1 Å². The lowest BCUT2D eigenvalue weighted by atomic mass is 10.2. The normalized spacial score (nSPS) is 12.9. The number of aliphatic hydroxyl groups excluding tert-OH is 1. The molecule has 1 unspecified atom stereocenters. The number of aryl methyl sites for hydroxylation is 2. The smallest absolute Gasteiger partial charge is 0.111 e. The summed E-state index contributed by atoms with van der Waals surface area (Å²) >= 11 is 7.64. The van der Waals surface area contributed by atoms with E-state index in [9.17, 15) is 5.11 Å². The summed E-state index contributed by atoms with van der Waals surface area (Å²) in [4.78, 5) is 5.08. The van der Waals surface area contributed by atoms with Gasteiger partial charge in [-0.1, -0.05) is 11.6 Å². The Morgan fingerprint density at radius 1 is 1.59 bits per heavy atom. The third-order valence-corrected chi connectivity index (χ3v) is 4.56. The highest BCUT2D eigenvalue weighted by molar-refractivity contribution is 7.10. The van der Waals surface area contributed by atoms with Crippen molar-refractivity contribution >= 4 is 22.9 Å². The van der Waals surface area contributed by atoms with Gasteiger partial charge >= 0.3 is 0 Å². The second-order valence-corrected chi connectivity index (χ2v) is 5.24. The van der Waals surface area contributed by atoms with Crippen molar-refractivity contribution in [3.8, 4) is 0 Å². The van der Waals surface area contributed by atoms with Gasteiger partial charge in [0.2, 0.25) is 0 Å². The first kappa shape index (κ1) is 12.6. The molecule has 2 heterocycles. The molecule has 0 aromatic carbocycles. The van der Waals surface area contributed by atoms with Crippen LogP contribution in [-0.4, -0.2) is 14.7 Å². The first-order valence-corrected chi connectivity index (χ1v) is 6.80. The van der Waals surface area contributed by atoms with Crippen molar-refractivity contribution in [1.29, 1.82) is 0 Å². The molecule has 0 saturated carbocycles. The SMILES string of the molecule is CCn1ccnc1CC(O)c1scc(C)c1Cl. The molecule has 2 aromatic rings. The number of aromatic nitrogens is 2. The van der Waals surface area contributed by atoms with Crippen molar-refractivity contribution in [2.75, 3.05) is 0 Å². The van der Waals surface area contributed by atoms with Crippen LogP contribution in [0.2, 0.25) is 5.02 Å². The van der Waals surface area contributed by atoms with Crippen molar-refractivity contribution in [1.82, 2.24) is 9.55 Å². The number of hydrogen-bond donors (Lipinski definition) is 1. The Kier molecular flexibility index (Phi) is 3.86. The summed E-state index contributed by atoms with van der Waals surface area (Å²) in [6.07, 6.45) is 3.60. The Labute approximate surface area is 110 Å². The van der Waals surface area contributed by atoms with Crippen LogP contribution in [-0.2, 0) is 13.0 Å². The van der Waals surface area contributed by atoms with Crippen molar-refractivity contribution in [2.24, 2.45) is 0 Å². The number of hydrogen-bond acceptors (Lipinski definition) is 3. The van der Waals surface area contributed by atoms with Crippen LogP contribution >= 0.6 is 22.9 Å². The number of aliphatic hydroxyl groups is 1. The van der Waals surface area contributed by atoms with E-state index in [1.54, 1.807) is 6.20 Å². The highest BCUT2D eigenvalue weighted by Crippen LogP contribution is 2.33. The molecule has 0 aliphatic rings. The molecule has 0 aliphatic carbocycles. The highest BCUT2D eigenvalue weighted by Gasteiger charge is 2.17. The summed E-state index contributed by atoms with van der Waals surface area (Å²) in [5.74, 6) is 0.891. The van der Waals surface area contributed by atoms with Crippen LogP contribution in [0.25, 0.3) is 0 Å². The highest BCUT2D eigenvalue weighted by atomic mass is 35.5. The van der Waals surface area contributed by atoms with E-state index in [4.69, 9.17) is 11.6 Å². The van der Waals surface area contributed by atoms with E-state index in [-0.39, 0.29) is 0 Å². The number of rotatable bonds is 4. The maximum atomic E-state index is 10.2. The topological polar surface area (TPSA) is 38.0 Å². The van der Waals surface area contributed by atoms with Gasteiger partial charge in [0.1, 0.15) is 5.82 Å². The summed E-state index contributed by atoms with van der Waals surface area (Å²) in [6.45, 7) is 4.86. The average Bonchev–Trinajstić information content (AvgIpc) is 2.87. The Hall–Kier alpha value is -0.840. The molecular formula is C12H15ClN2OS. The zero-order valence-electron chi connectivity index (χ0n) is 9.85. The Morgan fingerprint density at radius 2 is 2.35 bits per heavy atom. The molecule has 0 amide bonds. The lowest BCUT2D eigenvalue weighted by Gasteiger charge is -2.10. The molecule has 17 heavy (non-hydrogen) atoms. The number of imidazole rings is 1. The van der Waals surface area contributed by atoms with Crippen LogP contribution in [0.3, 0.4) is 0 Å². The predicted octanol–water partition coefficient (Wildman–Crippen LogP) is 3.20. The number of halogens is 1. The van der Waals surface area contributed by atoms with Crippen LogP contribution in [0.1, 0.15) is 29.3 Å². The minimum Gasteiger partial charge on any atom is -0.387 e. The van der Waals surface area contributed by atoms with Gasteiger partial charge in [0.25, 0.3) is 0 Å². The average molecular weight is 271 g/mol. The van der Waals surface area contributed by atoms with Crippen LogP contribution < -0.4 is 0 Å². The Balaban J connectivity index is 2.17. The van der Waals surface area contributed by atoms with Gasteiger partial charge in [-0.05, 0) is 24.8 Å². The van der Waals surface area contributed by atoms with E-state index in [0.29, 0.717) is 11.4 Å². The van der Waals surface area contributed by atoms with E-state index < -0.39 is 6.10 Å². The maximum absolute atomic E-state index is 10.2. The lowest BCUT2D eigenvalue weighted by molar-refractivity contribution is 0.178. The molecule has 3 nitrogen and oxygen atoms in total. The van der Waals surface area contributed by atoms with E-state index in [2.05, 4.69) is 11.9 Å². The van der Waals surface area contributed by atoms with Gasteiger partial charge in [-0.15, -0.1) is 11.3 Å². The van der Waals surface area contributed by atoms with Crippen LogP contribution in [0, 0.1) is 6.92 Å². The Morgan fingerprint density at radius 3 is 2.94 bits per heavy atom. The molecule has 0 aliphatic heterocycles. The minimum absolute atomic E-state index is 0.501. The van der Waals surface area contributed by atoms with E-state index in [0.717, 1.165) is 22.8 Å². The second kappa shape index (κ2) is 5.21. The standard InChI is InChI=1S/C12H15ClN2OS/c1-3-15-5-4-14-10(15)6-9(16)12-11(13)8(2)7-17-12/h4-5,7,9,16H,3,6H2,1-2H3. The fraction of sp³-hybridized carbons (Fsp3) is 0.417. The van der Waals surface area contributed by atoms with Gasteiger partial charge in [0.05, 0.1) is 16.0 Å². The van der Waals surface area contributed by atoms with Crippen LogP contribution in [0.4, 0.5) is 0 Å². The fourth-order valence-corrected chi connectivity index (χ4v) is 3.06. The molecule has 0 saturated heterocycles. The fourth-order valence-electron chi connectivity index (χ4n) is 1.76. The van der Waals surface area contributed by atoms with Gasteiger partial charge < -0.3 is 9.67 Å². The monoisotopic (exact) mass is 270 g/mol. The zero-order valence-corrected chi connectivity index (χ0v) is 11.4. The summed E-state index contributed by atoms with van der Waals surface area (Å²) in [5, 5.41) is 12.8. The molecule has 1 N–H and O–H groups in total. The van der Waals surface area contributed by atoms with E-state index >= 15 is 0 Å². The molecule has 0 bridgehead atoms. The van der Waals surface area contributed by atoms with Crippen LogP contribution in [0.5, 0.6) is 0 Å². The van der Waals surface area contributed by atoms with Crippen molar-refractivity contribution in [3.63, 3.8) is 0 Å². The quantitative estimate of drug-likeness (QED) is 0.926. The second-order valence-electron chi connectivity index (χ2n) is 3.95. The largest absolute Gasteiger partial charge is 0.387 e. The van der Waals surface area contributed by atoms with Gasteiger partial charge in [0.15, 0.2) is 0 Å². The summed E-state index contributed by atoms with van der Waals surface area (Å²) in [6, 6.07) is 0. The van der Waals surface area contributed by atoms with Crippen molar-refractivity contribution < 1.29 is 5.11 Å². The maximum Gasteiger partial charge on any atom is 0.111 e. The third kappa shape index (κ3) is 2.54. The van der Waals surface area contributed by atoms with Gasteiger partial charge in [-0.3, -0.25) is 0 Å². The summed E-state index contributed by atoms with van der Waals surface area (Å²) < 4.78 is 2.03. The number of nitrogens with zero attached hydrogens (tertiary/aromatic N) is 2. The number of thiophene rings is 1. The first-order chi connectivity index (χ1) is 8.13. The molecule has 1 atom stereocenters. The summed E-state index contributed by atoms with van der Waals surface area (Å²) in [7, 11) is 0. The molecule has 0 spiro atoms. The van der Waals surface area contributed by atoms with E-state index in [1.807, 2.05) is 23.1 Å². The summed E-state index contributed by atoms with van der Waals surface area (Å²) in [5.41, 5.74) is 1.02. The Bertz CT molecular complexity index is 506. The van der Waals surface area contributed by atoms with Gasteiger partial charge in [-0.2, -0.15) is 0 Å². The molecule has 2 aromatic heterocycles. The van der Waals surface area contributed by atoms with Crippen molar-refractivity contribution in [2.45, 2.75) is 32.9 Å². The first-order valence-electron chi connectivity index (χ1n) is 5.55. The predicted molar refractivity (Wildman–Crippen MR) is 70.6 cm³/mol. The molecule has 2 rings (SSSR count).